The van der Waals surface area contributed by atoms with Crippen molar-refractivity contribution < 1.29 is 13.2 Å². The number of aromatic nitrogens is 2. The fourth-order valence-electron chi connectivity index (χ4n) is 3.09. The summed E-state index contributed by atoms with van der Waals surface area (Å²) < 4.78 is 43.3. The number of benzene rings is 2. The van der Waals surface area contributed by atoms with Crippen molar-refractivity contribution in [2.24, 2.45) is 4.99 Å². The van der Waals surface area contributed by atoms with Gasteiger partial charge in [0.2, 0.25) is 6.29 Å². The van der Waals surface area contributed by atoms with Crippen LogP contribution in [-0.2, 0) is 0 Å². The smallest absolute Gasteiger partial charge is 0.208 e. The average molecular weight is 356 g/mol. The van der Waals surface area contributed by atoms with E-state index in [-0.39, 0.29) is 11.0 Å². The molecule has 0 aliphatic carbocycles. The Morgan fingerprint density at radius 2 is 1.73 bits per heavy atom. The zero-order valence-electron chi connectivity index (χ0n) is 14.1. The van der Waals surface area contributed by atoms with Gasteiger partial charge in [-0.25, -0.2) is 23.1 Å². The van der Waals surface area contributed by atoms with E-state index in [9.17, 15) is 13.2 Å². The minimum atomic E-state index is -0.747. The summed E-state index contributed by atoms with van der Waals surface area (Å²) in [6.45, 7) is 3.62. The van der Waals surface area contributed by atoms with Gasteiger partial charge in [-0.2, -0.15) is 0 Å². The zero-order chi connectivity index (χ0) is 18.4. The molecule has 0 saturated heterocycles. The summed E-state index contributed by atoms with van der Waals surface area (Å²) in [5.41, 5.74) is 2.07. The molecule has 0 N–H and O–H groups in total. The highest BCUT2D eigenvalue weighted by Crippen LogP contribution is 2.32. The minimum absolute atomic E-state index is 0.0537. The second-order valence-electron chi connectivity index (χ2n) is 6.17. The summed E-state index contributed by atoms with van der Waals surface area (Å²) in [7, 11) is 0. The number of nitrogens with zero attached hydrogens (tertiary/aromatic N) is 4. The normalized spacial score (nSPS) is 17.0. The predicted octanol–water partition coefficient (Wildman–Crippen LogP) is 4.79. The summed E-state index contributed by atoms with van der Waals surface area (Å²) in [5, 5.41) is 0. The highest BCUT2D eigenvalue weighted by molar-refractivity contribution is 5.80. The Labute approximate surface area is 147 Å². The van der Waals surface area contributed by atoms with Crippen LogP contribution in [0.5, 0.6) is 0 Å². The van der Waals surface area contributed by atoms with Crippen LogP contribution in [0, 0.1) is 25.5 Å². The van der Waals surface area contributed by atoms with E-state index in [2.05, 4.69) is 9.98 Å². The number of hydrogen-bond acceptors (Lipinski definition) is 3. The van der Waals surface area contributed by atoms with Gasteiger partial charge in [0.15, 0.2) is 11.6 Å². The van der Waals surface area contributed by atoms with Gasteiger partial charge in [0.25, 0.3) is 0 Å². The molecule has 7 heteroatoms. The highest BCUT2D eigenvalue weighted by atomic mass is 19.1. The fourth-order valence-corrected chi connectivity index (χ4v) is 3.09. The maximum absolute atomic E-state index is 14.1. The van der Waals surface area contributed by atoms with E-state index in [1.807, 2.05) is 31.2 Å². The van der Waals surface area contributed by atoms with E-state index in [1.54, 1.807) is 16.4 Å². The highest BCUT2D eigenvalue weighted by Gasteiger charge is 2.26. The van der Waals surface area contributed by atoms with Gasteiger partial charge in [-0.3, -0.25) is 4.57 Å². The van der Waals surface area contributed by atoms with Crippen molar-refractivity contribution in [1.82, 2.24) is 9.55 Å². The number of allylic oxidation sites excluding steroid dienone is 1. The van der Waals surface area contributed by atoms with Crippen molar-refractivity contribution in [2.75, 3.05) is 4.90 Å². The molecule has 2 aromatic carbocycles. The quantitative estimate of drug-likeness (QED) is 0.661. The van der Waals surface area contributed by atoms with Crippen molar-refractivity contribution in [3.8, 4) is 0 Å². The number of imidazole rings is 1. The molecule has 1 aromatic heterocycles. The first-order valence-corrected chi connectivity index (χ1v) is 8.03. The Kier molecular flexibility index (Phi) is 3.79. The van der Waals surface area contributed by atoms with Crippen molar-refractivity contribution in [3.63, 3.8) is 0 Å². The lowest BCUT2D eigenvalue weighted by molar-refractivity contribution is 0.513. The third-order valence-corrected chi connectivity index (χ3v) is 4.30. The number of halogens is 3. The third kappa shape index (κ3) is 2.65. The molecule has 4 nitrogen and oxygen atoms in total. The number of hydrogen-bond donors (Lipinski definition) is 0. The van der Waals surface area contributed by atoms with Gasteiger partial charge in [0.1, 0.15) is 17.2 Å². The topological polar surface area (TPSA) is 33.4 Å². The Balaban J connectivity index is 1.90. The van der Waals surface area contributed by atoms with Crippen molar-refractivity contribution >= 4 is 22.9 Å². The molecule has 132 valence electrons. The SMILES string of the molecule is Cc1ccc(N2C=C(F)C=NC2n2c(C)nc3c(F)cc(F)cc32)cc1. The van der Waals surface area contributed by atoms with Crippen LogP contribution in [-0.4, -0.2) is 15.8 Å². The molecule has 0 radical (unpaired) electrons. The maximum Gasteiger partial charge on any atom is 0.208 e. The molecule has 4 rings (SSSR count). The summed E-state index contributed by atoms with van der Waals surface area (Å²) in [4.78, 5) is 10.0. The van der Waals surface area contributed by atoms with Crippen LogP contribution in [0.1, 0.15) is 17.7 Å². The summed E-state index contributed by atoms with van der Waals surface area (Å²) in [6.07, 6.45) is 1.66. The molecule has 2 heterocycles. The molecule has 0 bridgehead atoms. The number of anilines is 1. The van der Waals surface area contributed by atoms with Crippen molar-refractivity contribution in [3.05, 3.63) is 71.4 Å². The van der Waals surface area contributed by atoms with Crippen LogP contribution < -0.4 is 4.90 Å². The Morgan fingerprint density at radius 3 is 2.46 bits per heavy atom. The van der Waals surface area contributed by atoms with Crippen molar-refractivity contribution in [2.45, 2.75) is 20.1 Å². The van der Waals surface area contributed by atoms with Gasteiger partial charge in [0.05, 0.1) is 11.7 Å². The predicted molar refractivity (Wildman–Crippen MR) is 94.8 cm³/mol. The monoisotopic (exact) mass is 356 g/mol. The largest absolute Gasteiger partial charge is 0.305 e. The van der Waals surface area contributed by atoms with E-state index in [0.717, 1.165) is 17.8 Å². The zero-order valence-corrected chi connectivity index (χ0v) is 14.1. The average Bonchev–Trinajstić information content (AvgIpc) is 2.92. The van der Waals surface area contributed by atoms with Crippen LogP contribution in [0.4, 0.5) is 18.9 Å². The Hall–Kier alpha value is -3.09. The lowest BCUT2D eigenvalue weighted by atomic mass is 10.2. The third-order valence-electron chi connectivity index (χ3n) is 4.30. The van der Waals surface area contributed by atoms with Gasteiger partial charge in [-0.1, -0.05) is 17.7 Å². The second-order valence-corrected chi connectivity index (χ2v) is 6.17. The van der Waals surface area contributed by atoms with Gasteiger partial charge in [-0.05, 0) is 26.0 Å². The first kappa shape index (κ1) is 16.4. The summed E-state index contributed by atoms with van der Waals surface area (Å²) in [5.74, 6) is -1.52. The van der Waals surface area contributed by atoms with Gasteiger partial charge < -0.3 is 4.90 Å². The van der Waals surface area contributed by atoms with E-state index in [1.165, 1.54) is 12.3 Å². The molecule has 0 saturated carbocycles. The molecule has 1 unspecified atom stereocenters. The number of fused-ring (bicyclic) bond motifs is 1. The lowest BCUT2D eigenvalue weighted by Gasteiger charge is -2.31. The van der Waals surface area contributed by atoms with Crippen LogP contribution in [0.3, 0.4) is 0 Å². The Morgan fingerprint density at radius 1 is 1.00 bits per heavy atom. The van der Waals surface area contributed by atoms with Crippen LogP contribution in [0.2, 0.25) is 0 Å². The molecule has 1 aliphatic heterocycles. The molecule has 0 spiro atoms. The van der Waals surface area contributed by atoms with E-state index < -0.39 is 23.8 Å². The summed E-state index contributed by atoms with van der Waals surface area (Å²) >= 11 is 0. The molecular formula is C19H15F3N4. The molecule has 0 fully saturated rings. The lowest BCUT2D eigenvalue weighted by Crippen LogP contribution is -2.30. The molecule has 26 heavy (non-hydrogen) atoms. The molecule has 1 aliphatic rings. The van der Waals surface area contributed by atoms with E-state index >= 15 is 0 Å². The van der Waals surface area contributed by atoms with Crippen LogP contribution >= 0.6 is 0 Å². The summed E-state index contributed by atoms with van der Waals surface area (Å²) in [6, 6.07) is 9.46. The van der Waals surface area contributed by atoms with E-state index in [0.29, 0.717) is 11.5 Å². The van der Waals surface area contributed by atoms with Gasteiger partial charge in [0, 0.05) is 24.0 Å². The van der Waals surface area contributed by atoms with Gasteiger partial charge in [-0.15, -0.1) is 0 Å². The molecule has 1 atom stereocenters. The van der Waals surface area contributed by atoms with E-state index in [4.69, 9.17) is 0 Å². The Bertz CT molecular complexity index is 1050. The second kappa shape index (κ2) is 6.01. The number of aliphatic imine (C=N–C) groups is 1. The minimum Gasteiger partial charge on any atom is -0.305 e. The first-order chi connectivity index (χ1) is 12.4. The van der Waals surface area contributed by atoms with Crippen LogP contribution in [0.25, 0.3) is 11.0 Å². The fraction of sp³-hybridized carbons (Fsp3) is 0.158. The number of aryl methyl sites for hydroxylation is 2. The first-order valence-electron chi connectivity index (χ1n) is 8.03. The van der Waals surface area contributed by atoms with Gasteiger partial charge >= 0.3 is 0 Å². The molecule has 0 amide bonds. The standard InChI is InChI=1S/C19H15F3N4/c1-11-3-5-15(6-4-11)25-10-14(21)9-23-19(25)26-12(2)24-18-16(22)7-13(20)8-17(18)26/h3-10,19H,1-2H3. The number of rotatable bonds is 2. The van der Waals surface area contributed by atoms with Crippen molar-refractivity contribution in [1.29, 1.82) is 0 Å². The maximum atomic E-state index is 14.1. The molecule has 3 aromatic rings. The van der Waals surface area contributed by atoms with Crippen LogP contribution in [0.15, 0.2) is 53.4 Å². The molecular weight excluding hydrogens is 341 g/mol.